The molecule has 1 fully saturated rings. The molecule has 4 rings (SSSR count). The second kappa shape index (κ2) is 10.2. The minimum Gasteiger partial charge on any atom is -0.378 e. The van der Waals surface area contributed by atoms with Gasteiger partial charge in [0.05, 0.1) is 12.3 Å². The lowest BCUT2D eigenvalue weighted by molar-refractivity contribution is 0.178. The second-order valence-electron chi connectivity index (χ2n) is 7.57. The van der Waals surface area contributed by atoms with Gasteiger partial charge in [-0.1, -0.05) is 0 Å². The van der Waals surface area contributed by atoms with E-state index in [1.54, 1.807) is 31.6 Å². The van der Waals surface area contributed by atoms with Gasteiger partial charge >= 0.3 is 0 Å². The van der Waals surface area contributed by atoms with Gasteiger partial charge in [0.25, 0.3) is 0 Å². The zero-order valence-corrected chi connectivity index (χ0v) is 18.9. The van der Waals surface area contributed by atoms with E-state index in [1.807, 2.05) is 11.7 Å². The van der Waals surface area contributed by atoms with Crippen LogP contribution in [0.15, 0.2) is 36.7 Å². The number of aromatic nitrogens is 4. The van der Waals surface area contributed by atoms with Gasteiger partial charge < -0.3 is 9.64 Å². The van der Waals surface area contributed by atoms with Gasteiger partial charge in [-0.2, -0.15) is 5.10 Å². The summed E-state index contributed by atoms with van der Waals surface area (Å²) in [5, 5.41) is 4.59. The molecule has 1 aliphatic rings. The number of hydrogen-bond donors (Lipinski definition) is 0. The minimum absolute atomic E-state index is 0. The topological polar surface area (TPSA) is 59.3 Å². The van der Waals surface area contributed by atoms with Gasteiger partial charge in [-0.15, -0.1) is 12.4 Å². The van der Waals surface area contributed by atoms with Crippen molar-refractivity contribution in [3.8, 4) is 11.3 Å². The van der Waals surface area contributed by atoms with E-state index in [0.29, 0.717) is 6.61 Å². The zero-order valence-electron chi connectivity index (χ0n) is 18.1. The molecule has 0 spiro atoms. The van der Waals surface area contributed by atoms with Crippen molar-refractivity contribution in [1.29, 1.82) is 0 Å². The lowest BCUT2D eigenvalue weighted by atomic mass is 10.1. The molecule has 166 valence electrons. The Morgan fingerprint density at radius 2 is 1.71 bits per heavy atom. The maximum absolute atomic E-state index is 13.3. The van der Waals surface area contributed by atoms with Gasteiger partial charge in [0.15, 0.2) is 5.82 Å². The van der Waals surface area contributed by atoms with Crippen LogP contribution in [0.25, 0.3) is 11.3 Å². The van der Waals surface area contributed by atoms with Crippen LogP contribution in [0.4, 0.5) is 10.2 Å². The number of rotatable bonds is 6. The molecule has 3 aromatic rings. The first-order valence-corrected chi connectivity index (χ1v) is 10.1. The number of aryl methyl sites for hydroxylation is 1. The van der Waals surface area contributed by atoms with Crippen molar-refractivity contribution in [3.63, 3.8) is 0 Å². The molecule has 1 aliphatic heterocycles. The summed E-state index contributed by atoms with van der Waals surface area (Å²) in [6.45, 7) is 7.03. The van der Waals surface area contributed by atoms with Crippen molar-refractivity contribution in [2.45, 2.75) is 20.1 Å². The quantitative estimate of drug-likeness (QED) is 0.579. The van der Waals surface area contributed by atoms with Crippen LogP contribution in [0.5, 0.6) is 0 Å². The molecule has 0 saturated carbocycles. The van der Waals surface area contributed by atoms with Gasteiger partial charge in [-0.05, 0) is 31.2 Å². The van der Waals surface area contributed by atoms with Gasteiger partial charge in [-0.3, -0.25) is 14.6 Å². The second-order valence-corrected chi connectivity index (χ2v) is 7.57. The fourth-order valence-corrected chi connectivity index (χ4v) is 3.89. The molecule has 9 heteroatoms. The van der Waals surface area contributed by atoms with Crippen LogP contribution in [0, 0.1) is 12.7 Å². The Morgan fingerprint density at radius 3 is 2.39 bits per heavy atom. The highest BCUT2D eigenvalue weighted by atomic mass is 35.5. The number of halogens is 2. The molecule has 0 amide bonds. The minimum atomic E-state index is -0.253. The van der Waals surface area contributed by atoms with Gasteiger partial charge in [-0.25, -0.2) is 9.37 Å². The van der Waals surface area contributed by atoms with Crippen LogP contribution in [-0.4, -0.2) is 57.9 Å². The summed E-state index contributed by atoms with van der Waals surface area (Å²) >= 11 is 0. The molecule has 0 bridgehead atoms. The predicted octanol–water partition coefficient (Wildman–Crippen LogP) is 3.22. The largest absolute Gasteiger partial charge is 0.378 e. The fourth-order valence-electron chi connectivity index (χ4n) is 3.89. The molecule has 0 N–H and O–H groups in total. The SMILES string of the molecule is COCc1nn(C)c(C)c1CN1CCN(c2nccnc2-c2ccc(F)cc2)CC1.Cl. The van der Waals surface area contributed by atoms with Crippen molar-refractivity contribution >= 4 is 18.2 Å². The normalized spacial score (nSPS) is 14.5. The molecule has 1 saturated heterocycles. The Balaban J connectivity index is 0.00000272. The molecule has 31 heavy (non-hydrogen) atoms. The van der Waals surface area contributed by atoms with E-state index in [1.165, 1.54) is 23.4 Å². The highest BCUT2D eigenvalue weighted by Crippen LogP contribution is 2.28. The zero-order chi connectivity index (χ0) is 21.1. The Kier molecular flexibility index (Phi) is 7.59. The predicted molar refractivity (Wildman–Crippen MR) is 121 cm³/mol. The lowest BCUT2D eigenvalue weighted by Crippen LogP contribution is -2.46. The molecular formula is C22H28ClFN6O. The maximum Gasteiger partial charge on any atom is 0.155 e. The Hall–Kier alpha value is -2.55. The van der Waals surface area contributed by atoms with Crippen LogP contribution in [0.2, 0.25) is 0 Å². The third-order valence-corrected chi connectivity index (χ3v) is 5.67. The summed E-state index contributed by atoms with van der Waals surface area (Å²) < 4.78 is 20.6. The Labute approximate surface area is 188 Å². The van der Waals surface area contributed by atoms with E-state index in [2.05, 4.69) is 31.8 Å². The van der Waals surface area contributed by atoms with Crippen molar-refractivity contribution in [3.05, 3.63) is 59.4 Å². The molecule has 0 radical (unpaired) electrons. The van der Waals surface area contributed by atoms with Crippen LogP contribution in [0.1, 0.15) is 17.0 Å². The van der Waals surface area contributed by atoms with Crippen LogP contribution in [0.3, 0.4) is 0 Å². The van der Waals surface area contributed by atoms with E-state index in [9.17, 15) is 4.39 Å². The first-order chi connectivity index (χ1) is 14.6. The van der Waals surface area contributed by atoms with Gasteiger partial charge in [0.1, 0.15) is 11.5 Å². The maximum atomic E-state index is 13.3. The number of ether oxygens (including phenoxy) is 1. The Bertz CT molecular complexity index is 1000. The third kappa shape index (κ3) is 5.03. The summed E-state index contributed by atoms with van der Waals surface area (Å²) in [4.78, 5) is 13.8. The van der Waals surface area contributed by atoms with Crippen molar-refractivity contribution < 1.29 is 9.13 Å². The molecule has 1 aromatic carbocycles. The summed E-state index contributed by atoms with van der Waals surface area (Å²) in [6, 6.07) is 6.42. The molecule has 2 aromatic heterocycles. The van der Waals surface area contributed by atoms with E-state index in [4.69, 9.17) is 4.74 Å². The summed E-state index contributed by atoms with van der Waals surface area (Å²) in [5.41, 5.74) is 5.09. The van der Waals surface area contributed by atoms with E-state index >= 15 is 0 Å². The molecule has 0 aliphatic carbocycles. The van der Waals surface area contributed by atoms with Crippen molar-refractivity contribution in [1.82, 2.24) is 24.6 Å². The van der Waals surface area contributed by atoms with Crippen LogP contribution >= 0.6 is 12.4 Å². The molecule has 3 heterocycles. The van der Waals surface area contributed by atoms with Gasteiger partial charge in [0, 0.05) is 76.1 Å². The molecular weight excluding hydrogens is 419 g/mol. The molecule has 0 unspecified atom stereocenters. The average molecular weight is 447 g/mol. The standard InChI is InChI=1S/C22H27FN6O.ClH/c1-16-19(20(15-30-3)26-27(16)2)14-28-10-12-29(13-11-28)22-21(24-8-9-25-22)17-4-6-18(23)7-5-17;/h4-9H,10-15H2,1-3H3;1H. The highest BCUT2D eigenvalue weighted by molar-refractivity contribution is 5.85. The van der Waals surface area contributed by atoms with Gasteiger partial charge in [0.2, 0.25) is 0 Å². The number of benzene rings is 1. The highest BCUT2D eigenvalue weighted by Gasteiger charge is 2.23. The fraction of sp³-hybridized carbons (Fsp3) is 0.409. The number of anilines is 1. The number of piperazine rings is 1. The first-order valence-electron chi connectivity index (χ1n) is 10.1. The number of nitrogens with zero attached hydrogens (tertiary/aromatic N) is 6. The van der Waals surface area contributed by atoms with Crippen LogP contribution in [-0.2, 0) is 24.9 Å². The van der Waals surface area contributed by atoms with E-state index < -0.39 is 0 Å². The lowest BCUT2D eigenvalue weighted by Gasteiger charge is -2.36. The summed E-state index contributed by atoms with van der Waals surface area (Å²) in [5.74, 6) is 0.595. The summed E-state index contributed by atoms with van der Waals surface area (Å²) in [7, 11) is 3.67. The number of methoxy groups -OCH3 is 1. The van der Waals surface area contributed by atoms with E-state index in [-0.39, 0.29) is 18.2 Å². The van der Waals surface area contributed by atoms with E-state index in [0.717, 1.165) is 55.5 Å². The third-order valence-electron chi connectivity index (χ3n) is 5.67. The Morgan fingerprint density at radius 1 is 1.03 bits per heavy atom. The van der Waals surface area contributed by atoms with Crippen molar-refractivity contribution in [2.24, 2.45) is 7.05 Å². The summed E-state index contributed by atoms with van der Waals surface area (Å²) in [6.07, 6.45) is 3.39. The average Bonchev–Trinajstić information content (AvgIpc) is 3.03. The molecule has 7 nitrogen and oxygen atoms in total. The smallest absolute Gasteiger partial charge is 0.155 e. The first kappa shape index (κ1) is 23.1. The van der Waals surface area contributed by atoms with Crippen molar-refractivity contribution in [2.75, 3.05) is 38.2 Å². The molecule has 0 atom stereocenters. The monoisotopic (exact) mass is 446 g/mol. The van der Waals surface area contributed by atoms with Crippen LogP contribution < -0.4 is 4.90 Å². The number of hydrogen-bond acceptors (Lipinski definition) is 6.